The number of nitrogens with zero attached hydrogens (tertiary/aromatic N) is 3. The maximum absolute atomic E-state index is 9.16. The lowest BCUT2D eigenvalue weighted by molar-refractivity contribution is 0.272. The Morgan fingerprint density at radius 1 is 1.36 bits per heavy atom. The summed E-state index contributed by atoms with van der Waals surface area (Å²) in [6.07, 6.45) is 0. The van der Waals surface area contributed by atoms with Crippen LogP contribution < -0.4 is 0 Å². The van der Waals surface area contributed by atoms with Crippen molar-refractivity contribution in [2.24, 2.45) is 0 Å². The van der Waals surface area contributed by atoms with Gasteiger partial charge in [0.1, 0.15) is 5.69 Å². The molecule has 1 aromatic rings. The smallest absolute Gasteiger partial charge is 0.112 e. The van der Waals surface area contributed by atoms with E-state index in [1.165, 1.54) is 0 Å². The average molecular weight is 197 g/mol. The molecular weight excluding hydrogens is 178 g/mol. The van der Waals surface area contributed by atoms with Crippen LogP contribution in [-0.2, 0) is 12.0 Å². The molecule has 1 rings (SSSR count). The van der Waals surface area contributed by atoms with E-state index in [0.29, 0.717) is 5.69 Å². The fraction of sp³-hybridized carbons (Fsp3) is 0.800. The Balaban J connectivity index is 3.27. The quantitative estimate of drug-likeness (QED) is 0.784. The van der Waals surface area contributed by atoms with Gasteiger partial charge in [-0.2, -0.15) is 0 Å². The van der Waals surface area contributed by atoms with Crippen molar-refractivity contribution in [2.75, 3.05) is 0 Å². The molecule has 4 heteroatoms. The summed E-state index contributed by atoms with van der Waals surface area (Å²) >= 11 is 0. The minimum Gasteiger partial charge on any atom is -0.390 e. The third-order valence-corrected chi connectivity index (χ3v) is 2.11. The second-order valence-corrected chi connectivity index (χ2v) is 4.83. The van der Waals surface area contributed by atoms with Gasteiger partial charge in [0.2, 0.25) is 0 Å². The normalized spacial score (nSPS) is 12.5. The molecule has 0 saturated heterocycles. The summed E-state index contributed by atoms with van der Waals surface area (Å²) in [6.45, 7) is 10.4. The first-order valence-electron chi connectivity index (χ1n) is 4.93. The lowest BCUT2D eigenvalue weighted by Crippen LogP contribution is -2.21. The van der Waals surface area contributed by atoms with Crippen molar-refractivity contribution in [1.29, 1.82) is 0 Å². The highest BCUT2D eigenvalue weighted by Gasteiger charge is 2.25. The molecule has 0 saturated carbocycles. The zero-order valence-electron chi connectivity index (χ0n) is 9.57. The Bertz CT molecular complexity index is 310. The van der Waals surface area contributed by atoms with E-state index < -0.39 is 0 Å². The first-order chi connectivity index (χ1) is 6.38. The number of rotatable bonds is 2. The van der Waals surface area contributed by atoms with Gasteiger partial charge < -0.3 is 5.11 Å². The van der Waals surface area contributed by atoms with Gasteiger partial charge in [-0.05, 0) is 13.8 Å². The van der Waals surface area contributed by atoms with Crippen molar-refractivity contribution in [1.82, 2.24) is 15.0 Å². The highest BCUT2D eigenvalue weighted by atomic mass is 16.3. The van der Waals surface area contributed by atoms with E-state index >= 15 is 0 Å². The first-order valence-corrected chi connectivity index (χ1v) is 4.93. The fourth-order valence-electron chi connectivity index (χ4n) is 1.57. The molecule has 0 spiro atoms. The zero-order valence-corrected chi connectivity index (χ0v) is 9.57. The molecule has 1 heterocycles. The number of aromatic nitrogens is 3. The summed E-state index contributed by atoms with van der Waals surface area (Å²) in [6, 6.07) is 0.275. The summed E-state index contributed by atoms with van der Waals surface area (Å²) in [5.41, 5.74) is 1.67. The van der Waals surface area contributed by atoms with Crippen molar-refractivity contribution in [3.8, 4) is 0 Å². The Kier molecular flexibility index (Phi) is 2.95. The molecule has 1 aromatic heterocycles. The molecule has 0 aliphatic rings. The van der Waals surface area contributed by atoms with Crippen LogP contribution in [0.3, 0.4) is 0 Å². The van der Waals surface area contributed by atoms with Gasteiger partial charge in [0.25, 0.3) is 0 Å². The van der Waals surface area contributed by atoms with Gasteiger partial charge in [0.05, 0.1) is 12.3 Å². The van der Waals surface area contributed by atoms with Gasteiger partial charge in [-0.3, -0.25) is 0 Å². The molecule has 0 unspecified atom stereocenters. The second-order valence-electron chi connectivity index (χ2n) is 4.83. The summed E-state index contributed by atoms with van der Waals surface area (Å²) in [4.78, 5) is 0. The highest BCUT2D eigenvalue weighted by molar-refractivity contribution is 5.19. The van der Waals surface area contributed by atoms with Crippen LogP contribution in [0.15, 0.2) is 0 Å². The topological polar surface area (TPSA) is 50.9 Å². The van der Waals surface area contributed by atoms with Crippen LogP contribution in [0, 0.1) is 0 Å². The van der Waals surface area contributed by atoms with E-state index in [0.717, 1.165) is 5.69 Å². The Labute approximate surface area is 84.9 Å². The van der Waals surface area contributed by atoms with E-state index in [1.807, 2.05) is 4.68 Å². The molecule has 0 fully saturated rings. The van der Waals surface area contributed by atoms with Gasteiger partial charge in [0.15, 0.2) is 0 Å². The molecule has 0 aromatic carbocycles. The molecule has 0 bridgehead atoms. The molecule has 0 aliphatic carbocycles. The van der Waals surface area contributed by atoms with Crippen molar-refractivity contribution >= 4 is 0 Å². The van der Waals surface area contributed by atoms with E-state index in [4.69, 9.17) is 5.11 Å². The predicted octanol–water partition coefficient (Wildman–Crippen LogP) is 1.65. The summed E-state index contributed by atoms with van der Waals surface area (Å²) in [5.74, 6) is 0. The molecule has 4 nitrogen and oxygen atoms in total. The zero-order chi connectivity index (χ0) is 10.9. The molecule has 1 N–H and O–H groups in total. The van der Waals surface area contributed by atoms with Crippen LogP contribution in [0.4, 0.5) is 0 Å². The van der Waals surface area contributed by atoms with E-state index in [-0.39, 0.29) is 18.1 Å². The van der Waals surface area contributed by atoms with Crippen LogP contribution in [0.1, 0.15) is 52.0 Å². The van der Waals surface area contributed by atoms with Crippen molar-refractivity contribution in [2.45, 2.75) is 52.7 Å². The first kappa shape index (κ1) is 11.2. The van der Waals surface area contributed by atoms with Crippen molar-refractivity contribution < 1.29 is 5.11 Å². The molecule has 14 heavy (non-hydrogen) atoms. The van der Waals surface area contributed by atoms with Crippen molar-refractivity contribution in [3.05, 3.63) is 11.4 Å². The molecule has 80 valence electrons. The van der Waals surface area contributed by atoms with Gasteiger partial charge >= 0.3 is 0 Å². The van der Waals surface area contributed by atoms with E-state index in [1.54, 1.807) is 0 Å². The van der Waals surface area contributed by atoms with E-state index in [2.05, 4.69) is 44.9 Å². The minimum absolute atomic E-state index is 0.0359. The fourth-order valence-corrected chi connectivity index (χ4v) is 1.57. The lowest BCUT2D eigenvalue weighted by atomic mass is 9.90. The Morgan fingerprint density at radius 3 is 2.29 bits per heavy atom. The van der Waals surface area contributed by atoms with Crippen LogP contribution in [-0.4, -0.2) is 20.1 Å². The van der Waals surface area contributed by atoms with Crippen LogP contribution >= 0.6 is 0 Å². The Hall–Kier alpha value is -0.900. The minimum atomic E-state index is -0.0423. The summed E-state index contributed by atoms with van der Waals surface area (Å²) in [5, 5.41) is 17.2. The monoisotopic (exact) mass is 197 g/mol. The predicted molar refractivity (Wildman–Crippen MR) is 55.0 cm³/mol. The summed E-state index contributed by atoms with van der Waals surface area (Å²) in [7, 11) is 0. The largest absolute Gasteiger partial charge is 0.390 e. The van der Waals surface area contributed by atoms with Gasteiger partial charge in [0, 0.05) is 11.5 Å². The lowest BCUT2D eigenvalue weighted by Gasteiger charge is -2.22. The average Bonchev–Trinajstić information content (AvgIpc) is 2.45. The van der Waals surface area contributed by atoms with Crippen LogP contribution in [0.25, 0.3) is 0 Å². The molecule has 0 radical (unpaired) electrons. The van der Waals surface area contributed by atoms with Crippen LogP contribution in [0.5, 0.6) is 0 Å². The van der Waals surface area contributed by atoms with Crippen molar-refractivity contribution in [3.63, 3.8) is 0 Å². The Morgan fingerprint density at radius 2 is 1.93 bits per heavy atom. The van der Waals surface area contributed by atoms with Gasteiger partial charge in [-0.15, -0.1) is 5.10 Å². The van der Waals surface area contributed by atoms with Gasteiger partial charge in [-0.25, -0.2) is 4.68 Å². The van der Waals surface area contributed by atoms with E-state index in [9.17, 15) is 0 Å². The molecular formula is C10H19N3O. The SMILES string of the molecule is CC(C)n1nnc(CO)c1C(C)(C)C. The maximum atomic E-state index is 9.16. The number of aliphatic hydroxyl groups excluding tert-OH is 1. The maximum Gasteiger partial charge on any atom is 0.112 e. The number of hydrogen-bond donors (Lipinski definition) is 1. The number of aliphatic hydroxyl groups is 1. The molecule has 0 aliphatic heterocycles. The summed E-state index contributed by atoms with van der Waals surface area (Å²) < 4.78 is 1.88. The standard InChI is InChI=1S/C10H19N3O/c1-7(2)13-9(10(3,4)5)8(6-14)11-12-13/h7,14H,6H2,1-5H3. The highest BCUT2D eigenvalue weighted by Crippen LogP contribution is 2.26. The molecule has 0 amide bonds. The van der Waals surface area contributed by atoms with Crippen LogP contribution in [0.2, 0.25) is 0 Å². The molecule has 0 atom stereocenters. The third kappa shape index (κ3) is 1.95. The number of hydrogen-bond acceptors (Lipinski definition) is 3. The van der Waals surface area contributed by atoms with Gasteiger partial charge in [-0.1, -0.05) is 26.0 Å². The second kappa shape index (κ2) is 3.69. The third-order valence-electron chi connectivity index (χ3n) is 2.11.